The van der Waals surface area contributed by atoms with Crippen LogP contribution in [0.2, 0.25) is 0 Å². The predicted molar refractivity (Wildman–Crippen MR) is 42.3 cm³/mol. The molecule has 0 fully saturated rings. The molecule has 0 aromatic carbocycles. The van der Waals surface area contributed by atoms with Crippen molar-refractivity contribution < 1.29 is 6.48 Å². The van der Waals surface area contributed by atoms with E-state index < -0.39 is 6.48 Å². The van der Waals surface area contributed by atoms with Crippen LogP contribution in [0, 0.1) is 0 Å². The SMILES string of the molecule is [Cl][Rh]([Cl])([Cl])([Cl])([Cl])[Cl].[NaH]. The van der Waals surface area contributed by atoms with Gasteiger partial charge in [-0.2, -0.15) is 0 Å². The van der Waals surface area contributed by atoms with Crippen molar-refractivity contribution >= 4 is 87.7 Å². The topological polar surface area (TPSA) is 0 Å². The van der Waals surface area contributed by atoms with Gasteiger partial charge in [0, 0.05) is 0 Å². The van der Waals surface area contributed by atoms with Crippen LogP contribution in [0.5, 0.6) is 0 Å². The number of hydrogen-bond acceptors (Lipinski definition) is 0. The molecule has 0 aromatic heterocycles. The van der Waals surface area contributed by atoms with Crippen LogP contribution < -0.4 is 0 Å². The Morgan fingerprint density at radius 2 is 0.625 bits per heavy atom. The maximum absolute atomic E-state index is 5.15. The third-order valence-corrected chi connectivity index (χ3v) is 0. The first kappa shape index (κ1) is 13.9. The zero-order chi connectivity index (χ0) is 6.41. The predicted octanol–water partition coefficient (Wildman–Crippen LogP) is 3.49. The molecule has 0 nitrogen and oxygen atoms in total. The van der Waals surface area contributed by atoms with Gasteiger partial charge in [0.2, 0.25) is 0 Å². The van der Waals surface area contributed by atoms with Crippen LogP contribution in [-0.2, 0) is 6.48 Å². The van der Waals surface area contributed by atoms with E-state index in [1.807, 2.05) is 0 Å². The normalized spacial score (nSPS) is 20.2. The molecule has 0 unspecified atom stereocenters. The first-order valence-electron chi connectivity index (χ1n) is 0.756. The Bertz CT molecular complexity index is 67.1. The van der Waals surface area contributed by atoms with E-state index in [4.69, 9.17) is 58.1 Å². The number of rotatable bonds is 0. The summed E-state index contributed by atoms with van der Waals surface area (Å²) in [5.74, 6) is 0. The molecule has 0 aliphatic rings. The fraction of sp³-hybridized carbons (Fsp3) is 0. The first-order valence-corrected chi connectivity index (χ1v) is 13.4. The first-order chi connectivity index (χ1) is 2.45. The monoisotopic (exact) mass is 337 g/mol. The summed E-state index contributed by atoms with van der Waals surface area (Å²) in [7, 11) is 30.2. The summed E-state index contributed by atoms with van der Waals surface area (Å²) in [6.45, 7) is -5.15. The maximum atomic E-state index is 5.04. The zero-order valence-corrected chi connectivity index (χ0v) is 8.78. The molecular weight excluding hydrogens is 339 g/mol. The Hall–Kier alpha value is 3.36. The van der Waals surface area contributed by atoms with Crippen molar-refractivity contribution in [3.63, 3.8) is 0 Å². The molecule has 0 radical (unpaired) electrons. The van der Waals surface area contributed by atoms with Gasteiger partial charge >= 0.3 is 94.2 Å². The second-order valence-corrected chi connectivity index (χ2v) is 38.0. The molecule has 0 aromatic rings. The van der Waals surface area contributed by atoms with Crippen molar-refractivity contribution in [2.24, 2.45) is 0 Å². The molecule has 0 heterocycles. The van der Waals surface area contributed by atoms with E-state index in [-0.39, 0.29) is 29.6 Å². The minimum atomic E-state index is -5.15. The Labute approximate surface area is 92.3 Å². The van der Waals surface area contributed by atoms with Gasteiger partial charge in [-0.25, -0.2) is 0 Å². The quantitative estimate of drug-likeness (QED) is 0.593. The van der Waals surface area contributed by atoms with Crippen molar-refractivity contribution in [2.45, 2.75) is 0 Å². The van der Waals surface area contributed by atoms with E-state index >= 15 is 0 Å². The van der Waals surface area contributed by atoms with E-state index in [0.717, 1.165) is 0 Å². The molecule has 0 saturated heterocycles. The van der Waals surface area contributed by atoms with E-state index in [1.165, 1.54) is 0 Å². The summed E-state index contributed by atoms with van der Waals surface area (Å²) in [6.07, 6.45) is 0. The molecule has 0 N–H and O–H groups in total. The summed E-state index contributed by atoms with van der Waals surface area (Å²) >= 11 is 0. The Kier molecular flexibility index (Phi) is 4.69. The van der Waals surface area contributed by atoms with Crippen LogP contribution >= 0.6 is 58.1 Å². The van der Waals surface area contributed by atoms with Gasteiger partial charge in [-0.1, -0.05) is 0 Å². The molecule has 8 heteroatoms. The van der Waals surface area contributed by atoms with Crippen molar-refractivity contribution in [1.82, 2.24) is 0 Å². The van der Waals surface area contributed by atoms with Gasteiger partial charge in [0.1, 0.15) is 0 Å². The van der Waals surface area contributed by atoms with Crippen LogP contribution in [0.15, 0.2) is 0 Å². The molecule has 0 aliphatic heterocycles. The molecule has 0 amide bonds. The van der Waals surface area contributed by atoms with Crippen molar-refractivity contribution in [1.29, 1.82) is 0 Å². The van der Waals surface area contributed by atoms with E-state index in [9.17, 15) is 0 Å². The Morgan fingerprint density at radius 3 is 0.625 bits per heavy atom. The molecule has 0 bridgehead atoms. The van der Waals surface area contributed by atoms with Crippen LogP contribution in [0.25, 0.3) is 0 Å². The zero-order valence-electron chi connectivity index (χ0n) is 2.60. The second kappa shape index (κ2) is 2.69. The molecule has 53 valence electrons. The summed E-state index contributed by atoms with van der Waals surface area (Å²) in [4.78, 5) is 0. The van der Waals surface area contributed by atoms with Crippen LogP contribution in [0.1, 0.15) is 0 Å². The van der Waals surface area contributed by atoms with Gasteiger partial charge in [0.15, 0.2) is 0 Å². The van der Waals surface area contributed by atoms with Crippen molar-refractivity contribution in [3.8, 4) is 0 Å². The number of hydrogen-bond donors (Lipinski definition) is 0. The third-order valence-electron chi connectivity index (χ3n) is 0. The third kappa shape index (κ3) is 57.9. The van der Waals surface area contributed by atoms with Gasteiger partial charge in [-0.3, -0.25) is 0 Å². The van der Waals surface area contributed by atoms with Crippen LogP contribution in [0.4, 0.5) is 0 Å². The van der Waals surface area contributed by atoms with E-state index in [2.05, 4.69) is 0 Å². The van der Waals surface area contributed by atoms with Crippen LogP contribution in [-0.4, -0.2) is 29.6 Å². The standard InChI is InChI=1S/6ClH.Na.Rh.H/h6*1H;;;/q;;;;;;;+6;/p-6. The fourth-order valence-electron chi connectivity index (χ4n) is 0. The average Bonchev–Trinajstić information content (AvgIpc) is 0.592. The molecule has 0 aliphatic carbocycles. The molecule has 0 atom stereocenters. The molecule has 0 rings (SSSR count). The molecule has 0 saturated carbocycles. The van der Waals surface area contributed by atoms with Gasteiger partial charge in [-0.15, -0.1) is 0 Å². The minimum absolute atomic E-state index is 0. The Morgan fingerprint density at radius 1 is 0.625 bits per heavy atom. The number of halogens is 6. The Balaban J connectivity index is 0. The second-order valence-electron chi connectivity index (χ2n) is 0.714. The summed E-state index contributed by atoms with van der Waals surface area (Å²) < 4.78 is 0. The molecular formula is HCl6NaRh. The van der Waals surface area contributed by atoms with Gasteiger partial charge in [0.25, 0.3) is 0 Å². The molecule has 8 heavy (non-hydrogen) atoms. The summed E-state index contributed by atoms with van der Waals surface area (Å²) in [5, 5.41) is 0. The van der Waals surface area contributed by atoms with Crippen molar-refractivity contribution in [2.75, 3.05) is 0 Å². The summed E-state index contributed by atoms with van der Waals surface area (Å²) in [6, 6.07) is 0. The van der Waals surface area contributed by atoms with E-state index in [1.54, 1.807) is 0 Å². The van der Waals surface area contributed by atoms with Gasteiger partial charge in [-0.05, 0) is 0 Å². The van der Waals surface area contributed by atoms with Gasteiger partial charge < -0.3 is 0 Å². The molecule has 0 spiro atoms. The van der Waals surface area contributed by atoms with Crippen LogP contribution in [0.3, 0.4) is 0 Å². The van der Waals surface area contributed by atoms with E-state index in [0.29, 0.717) is 0 Å². The fourth-order valence-corrected chi connectivity index (χ4v) is 0. The van der Waals surface area contributed by atoms with Crippen molar-refractivity contribution in [3.05, 3.63) is 0 Å². The van der Waals surface area contributed by atoms with Gasteiger partial charge in [0.05, 0.1) is 0 Å². The average molecular weight is 340 g/mol. The summed E-state index contributed by atoms with van der Waals surface area (Å²) in [5.41, 5.74) is 0.